The van der Waals surface area contributed by atoms with Crippen LogP contribution >= 0.6 is 0 Å². The van der Waals surface area contributed by atoms with Crippen LogP contribution in [0.1, 0.15) is 31.2 Å². The van der Waals surface area contributed by atoms with Crippen molar-refractivity contribution in [1.29, 1.82) is 0 Å². The first-order chi connectivity index (χ1) is 8.79. The SMILES string of the molecule is O=C[C@]1(c2ccccc2)CCCC2(C1)OCCO2. The van der Waals surface area contributed by atoms with Gasteiger partial charge >= 0.3 is 0 Å². The molecule has 1 saturated carbocycles. The molecule has 0 radical (unpaired) electrons. The van der Waals surface area contributed by atoms with Crippen LogP contribution < -0.4 is 0 Å². The van der Waals surface area contributed by atoms with Gasteiger partial charge in [0.2, 0.25) is 0 Å². The van der Waals surface area contributed by atoms with E-state index in [4.69, 9.17) is 9.47 Å². The van der Waals surface area contributed by atoms with Crippen molar-refractivity contribution in [3.05, 3.63) is 35.9 Å². The second kappa shape index (κ2) is 4.48. The second-order valence-electron chi connectivity index (χ2n) is 5.28. The molecule has 3 heteroatoms. The van der Waals surface area contributed by atoms with Crippen LogP contribution in [0.25, 0.3) is 0 Å². The van der Waals surface area contributed by atoms with Gasteiger partial charge in [0.15, 0.2) is 5.79 Å². The Bertz CT molecular complexity index is 423. The van der Waals surface area contributed by atoms with Crippen LogP contribution in [-0.4, -0.2) is 25.3 Å². The topological polar surface area (TPSA) is 35.5 Å². The van der Waals surface area contributed by atoms with Gasteiger partial charge in [-0.25, -0.2) is 0 Å². The third-order valence-corrected chi connectivity index (χ3v) is 4.15. The molecule has 2 fully saturated rings. The maximum absolute atomic E-state index is 11.7. The van der Waals surface area contributed by atoms with Gasteiger partial charge in [-0.15, -0.1) is 0 Å². The Morgan fingerprint density at radius 1 is 1.06 bits per heavy atom. The summed E-state index contributed by atoms with van der Waals surface area (Å²) in [4.78, 5) is 11.7. The molecule has 3 nitrogen and oxygen atoms in total. The third kappa shape index (κ3) is 1.88. The molecule has 1 aromatic rings. The number of aldehydes is 1. The first kappa shape index (κ1) is 11.9. The number of ether oxygens (including phenoxy) is 2. The van der Waals surface area contributed by atoms with Crippen molar-refractivity contribution in [2.24, 2.45) is 0 Å². The average molecular weight is 246 g/mol. The zero-order valence-electron chi connectivity index (χ0n) is 10.4. The minimum absolute atomic E-state index is 0.441. The third-order valence-electron chi connectivity index (χ3n) is 4.15. The summed E-state index contributed by atoms with van der Waals surface area (Å²) in [6.45, 7) is 1.29. The predicted molar refractivity (Wildman–Crippen MR) is 67.3 cm³/mol. The molecule has 0 amide bonds. The minimum atomic E-state index is -0.519. The summed E-state index contributed by atoms with van der Waals surface area (Å²) in [7, 11) is 0. The average Bonchev–Trinajstić information content (AvgIpc) is 2.87. The van der Waals surface area contributed by atoms with Crippen LogP contribution in [0.15, 0.2) is 30.3 Å². The summed E-state index contributed by atoms with van der Waals surface area (Å²) in [5.41, 5.74) is 0.641. The lowest BCUT2D eigenvalue weighted by Gasteiger charge is -2.42. The first-order valence-electron chi connectivity index (χ1n) is 6.58. The largest absolute Gasteiger partial charge is 0.347 e. The fourth-order valence-electron chi connectivity index (χ4n) is 3.26. The highest BCUT2D eigenvalue weighted by atomic mass is 16.7. The van der Waals surface area contributed by atoms with Gasteiger partial charge < -0.3 is 14.3 Å². The van der Waals surface area contributed by atoms with Gasteiger partial charge in [-0.1, -0.05) is 30.3 Å². The van der Waals surface area contributed by atoms with Gasteiger partial charge in [0, 0.05) is 12.8 Å². The van der Waals surface area contributed by atoms with Gasteiger partial charge in [0.25, 0.3) is 0 Å². The lowest BCUT2D eigenvalue weighted by Crippen LogP contribution is -2.45. The summed E-state index contributed by atoms with van der Waals surface area (Å²) in [5.74, 6) is -0.519. The number of benzene rings is 1. The van der Waals surface area contributed by atoms with Gasteiger partial charge in [-0.3, -0.25) is 0 Å². The van der Waals surface area contributed by atoms with Gasteiger partial charge in [-0.2, -0.15) is 0 Å². The molecule has 1 aliphatic heterocycles. The van der Waals surface area contributed by atoms with E-state index in [1.807, 2.05) is 30.3 Å². The van der Waals surface area contributed by atoms with E-state index in [0.717, 1.165) is 31.1 Å². The van der Waals surface area contributed by atoms with E-state index in [1.165, 1.54) is 0 Å². The zero-order chi connectivity index (χ0) is 12.5. The highest BCUT2D eigenvalue weighted by Gasteiger charge is 2.49. The Morgan fingerprint density at radius 3 is 2.44 bits per heavy atom. The summed E-state index contributed by atoms with van der Waals surface area (Å²) in [5, 5.41) is 0. The predicted octanol–water partition coefficient (Wildman–Crippen LogP) is 2.44. The molecule has 1 spiro atoms. The molecule has 18 heavy (non-hydrogen) atoms. The highest BCUT2D eigenvalue weighted by Crippen LogP contribution is 2.46. The molecule has 1 heterocycles. The number of carbonyl (C=O) groups is 1. The summed E-state index contributed by atoms with van der Waals surface area (Å²) < 4.78 is 11.6. The highest BCUT2D eigenvalue weighted by molar-refractivity contribution is 5.69. The molecular formula is C15H18O3. The molecule has 0 unspecified atom stereocenters. The van der Waals surface area contributed by atoms with E-state index in [0.29, 0.717) is 19.6 Å². The summed E-state index contributed by atoms with van der Waals surface area (Å²) in [6, 6.07) is 10.0. The molecule has 1 aliphatic carbocycles. The Balaban J connectivity index is 1.94. The van der Waals surface area contributed by atoms with Gasteiger partial charge in [-0.05, 0) is 18.4 Å². The van der Waals surface area contributed by atoms with Crippen LogP contribution in [0, 0.1) is 0 Å². The normalized spacial score (nSPS) is 30.4. The number of hydrogen-bond donors (Lipinski definition) is 0. The molecule has 1 saturated heterocycles. The summed E-state index contributed by atoms with van der Waals surface area (Å²) in [6.07, 6.45) is 4.49. The Hall–Kier alpha value is -1.19. The van der Waals surface area contributed by atoms with Crippen molar-refractivity contribution in [2.45, 2.75) is 36.9 Å². The quantitative estimate of drug-likeness (QED) is 0.752. The Labute approximate surface area is 107 Å². The van der Waals surface area contributed by atoms with Crippen molar-refractivity contribution in [1.82, 2.24) is 0 Å². The van der Waals surface area contributed by atoms with E-state index in [9.17, 15) is 4.79 Å². The van der Waals surface area contributed by atoms with Crippen molar-refractivity contribution < 1.29 is 14.3 Å². The first-order valence-corrected chi connectivity index (χ1v) is 6.58. The molecule has 2 aliphatic rings. The van der Waals surface area contributed by atoms with Crippen molar-refractivity contribution in [3.8, 4) is 0 Å². The number of hydrogen-bond acceptors (Lipinski definition) is 3. The molecular weight excluding hydrogens is 228 g/mol. The molecule has 0 N–H and O–H groups in total. The molecule has 1 aromatic carbocycles. The van der Waals surface area contributed by atoms with Crippen molar-refractivity contribution >= 4 is 6.29 Å². The van der Waals surface area contributed by atoms with Gasteiger partial charge in [0.1, 0.15) is 6.29 Å². The minimum Gasteiger partial charge on any atom is -0.347 e. The fraction of sp³-hybridized carbons (Fsp3) is 0.533. The number of rotatable bonds is 2. The van der Waals surface area contributed by atoms with E-state index in [1.54, 1.807) is 0 Å². The fourth-order valence-corrected chi connectivity index (χ4v) is 3.26. The monoisotopic (exact) mass is 246 g/mol. The second-order valence-corrected chi connectivity index (χ2v) is 5.28. The van der Waals surface area contributed by atoms with Gasteiger partial charge in [0.05, 0.1) is 18.6 Å². The lowest BCUT2D eigenvalue weighted by atomic mass is 9.68. The molecule has 0 aromatic heterocycles. The van der Waals surface area contributed by atoms with Crippen LogP contribution in [0.3, 0.4) is 0 Å². The Morgan fingerprint density at radius 2 is 1.78 bits per heavy atom. The van der Waals surface area contributed by atoms with E-state index >= 15 is 0 Å². The Kier molecular flexibility index (Phi) is 2.96. The lowest BCUT2D eigenvalue weighted by molar-refractivity contribution is -0.190. The van der Waals surface area contributed by atoms with Crippen molar-refractivity contribution in [2.75, 3.05) is 13.2 Å². The molecule has 96 valence electrons. The smallest absolute Gasteiger partial charge is 0.169 e. The maximum Gasteiger partial charge on any atom is 0.169 e. The van der Waals surface area contributed by atoms with Crippen LogP contribution in [0.5, 0.6) is 0 Å². The standard InChI is InChI=1S/C15H18O3/c16-12-14(13-5-2-1-3-6-13)7-4-8-15(11-14)17-9-10-18-15/h1-3,5-6,12H,4,7-11H2/t14-/m0/s1. The molecule has 0 bridgehead atoms. The molecule has 3 rings (SSSR count). The van der Waals surface area contributed by atoms with E-state index in [2.05, 4.69) is 0 Å². The van der Waals surface area contributed by atoms with Crippen molar-refractivity contribution in [3.63, 3.8) is 0 Å². The summed E-state index contributed by atoms with van der Waals surface area (Å²) >= 11 is 0. The number of carbonyl (C=O) groups excluding carboxylic acids is 1. The zero-order valence-corrected chi connectivity index (χ0v) is 10.4. The molecule has 1 atom stereocenters. The van der Waals surface area contributed by atoms with Crippen LogP contribution in [-0.2, 0) is 19.7 Å². The van der Waals surface area contributed by atoms with Crippen LogP contribution in [0.4, 0.5) is 0 Å². The van der Waals surface area contributed by atoms with E-state index in [-0.39, 0.29) is 0 Å². The van der Waals surface area contributed by atoms with E-state index < -0.39 is 11.2 Å². The van der Waals surface area contributed by atoms with Crippen LogP contribution in [0.2, 0.25) is 0 Å². The maximum atomic E-state index is 11.7.